The van der Waals surface area contributed by atoms with Crippen LogP contribution in [0.2, 0.25) is 0 Å². The first-order valence-corrected chi connectivity index (χ1v) is 7.11. The highest BCUT2D eigenvalue weighted by Crippen LogP contribution is 2.31. The third kappa shape index (κ3) is 2.32. The van der Waals surface area contributed by atoms with E-state index in [-0.39, 0.29) is 0 Å². The van der Waals surface area contributed by atoms with E-state index in [0.29, 0.717) is 5.92 Å². The van der Waals surface area contributed by atoms with Gasteiger partial charge in [0.2, 0.25) is 0 Å². The maximum absolute atomic E-state index is 4.59. The second-order valence-corrected chi connectivity index (χ2v) is 5.67. The molecule has 1 nitrogen and oxygen atoms in total. The van der Waals surface area contributed by atoms with Gasteiger partial charge >= 0.3 is 0 Å². The van der Waals surface area contributed by atoms with Crippen molar-refractivity contribution in [2.24, 2.45) is 0 Å². The molecule has 0 aliphatic carbocycles. The van der Waals surface area contributed by atoms with E-state index in [2.05, 4.69) is 68.2 Å². The number of fused-ring (bicyclic) bond motifs is 1. The van der Waals surface area contributed by atoms with Crippen LogP contribution in [0.5, 0.6) is 0 Å². The molecule has 3 rings (SSSR count). The second kappa shape index (κ2) is 5.09. The molecule has 0 radical (unpaired) electrons. The highest BCUT2D eigenvalue weighted by atomic mass is 14.6. The summed E-state index contributed by atoms with van der Waals surface area (Å²) < 4.78 is 0. The minimum Gasteiger partial charge on any atom is -0.256 e. The summed E-state index contributed by atoms with van der Waals surface area (Å²) in [7, 11) is 0. The molecule has 2 aromatic carbocycles. The average Bonchev–Trinajstić information content (AvgIpc) is 2.46. The molecule has 3 aromatic rings. The summed E-state index contributed by atoms with van der Waals surface area (Å²) in [4.78, 5) is 4.59. The SMILES string of the molecule is Cc1cccc(-c2cc(C(C)C)cc3cccnc23)c1. The van der Waals surface area contributed by atoms with Gasteiger partial charge < -0.3 is 0 Å². The van der Waals surface area contributed by atoms with Gasteiger partial charge in [0.25, 0.3) is 0 Å². The fourth-order valence-corrected chi connectivity index (χ4v) is 2.58. The van der Waals surface area contributed by atoms with Crippen molar-refractivity contribution < 1.29 is 0 Å². The second-order valence-electron chi connectivity index (χ2n) is 5.67. The molecule has 1 aromatic heterocycles. The highest BCUT2D eigenvalue weighted by molar-refractivity contribution is 5.94. The van der Waals surface area contributed by atoms with Gasteiger partial charge in [-0.1, -0.05) is 49.7 Å². The fraction of sp³-hybridized carbons (Fsp3) is 0.211. The van der Waals surface area contributed by atoms with Gasteiger partial charge in [0.05, 0.1) is 5.52 Å². The highest BCUT2D eigenvalue weighted by Gasteiger charge is 2.09. The van der Waals surface area contributed by atoms with E-state index in [1.165, 1.54) is 27.6 Å². The van der Waals surface area contributed by atoms with E-state index in [4.69, 9.17) is 0 Å². The lowest BCUT2D eigenvalue weighted by Gasteiger charge is -2.12. The number of hydrogen-bond acceptors (Lipinski definition) is 1. The lowest BCUT2D eigenvalue weighted by molar-refractivity contribution is 0.869. The standard InChI is InChI=1S/C19H19N/c1-13(2)17-11-16-8-5-9-20-19(16)18(12-17)15-7-4-6-14(3)10-15/h4-13H,1-3H3. The number of pyridine rings is 1. The van der Waals surface area contributed by atoms with Crippen LogP contribution in [0, 0.1) is 6.92 Å². The predicted octanol–water partition coefficient (Wildman–Crippen LogP) is 5.33. The van der Waals surface area contributed by atoms with Crippen LogP contribution in [0.15, 0.2) is 54.7 Å². The molecule has 0 bridgehead atoms. The van der Waals surface area contributed by atoms with Crippen LogP contribution in [0.25, 0.3) is 22.0 Å². The van der Waals surface area contributed by atoms with E-state index in [9.17, 15) is 0 Å². The number of rotatable bonds is 2. The fourth-order valence-electron chi connectivity index (χ4n) is 2.58. The van der Waals surface area contributed by atoms with Gasteiger partial charge in [0.15, 0.2) is 0 Å². The van der Waals surface area contributed by atoms with Crippen molar-refractivity contribution in [1.82, 2.24) is 4.98 Å². The normalized spacial score (nSPS) is 11.2. The Balaban J connectivity index is 2.32. The molecule has 0 aliphatic rings. The average molecular weight is 261 g/mol. The van der Waals surface area contributed by atoms with Gasteiger partial charge in [0.1, 0.15) is 0 Å². The first-order chi connectivity index (χ1) is 9.65. The molecule has 0 N–H and O–H groups in total. The van der Waals surface area contributed by atoms with Crippen molar-refractivity contribution >= 4 is 10.9 Å². The summed E-state index contributed by atoms with van der Waals surface area (Å²) in [5.74, 6) is 0.517. The van der Waals surface area contributed by atoms with Gasteiger partial charge in [0, 0.05) is 17.1 Å². The Bertz CT molecular complexity index is 757. The molecule has 0 amide bonds. The van der Waals surface area contributed by atoms with Crippen LogP contribution < -0.4 is 0 Å². The summed E-state index contributed by atoms with van der Waals surface area (Å²) in [5, 5.41) is 1.22. The third-order valence-corrected chi connectivity index (χ3v) is 3.72. The molecule has 1 heteroatoms. The number of aromatic nitrogens is 1. The van der Waals surface area contributed by atoms with Crippen molar-refractivity contribution in [3.63, 3.8) is 0 Å². The quantitative estimate of drug-likeness (QED) is 0.607. The Morgan fingerprint density at radius 1 is 0.950 bits per heavy atom. The molecule has 0 saturated carbocycles. The Kier molecular flexibility index (Phi) is 3.27. The third-order valence-electron chi connectivity index (χ3n) is 3.72. The summed E-state index contributed by atoms with van der Waals surface area (Å²) in [6, 6.07) is 17.3. The lowest BCUT2D eigenvalue weighted by atomic mass is 9.93. The van der Waals surface area contributed by atoms with Crippen molar-refractivity contribution in [3.05, 3.63) is 65.9 Å². The summed E-state index contributed by atoms with van der Waals surface area (Å²) >= 11 is 0. The lowest BCUT2D eigenvalue weighted by Crippen LogP contribution is -1.92. The molecule has 1 heterocycles. The molecular weight excluding hydrogens is 242 g/mol. The minimum absolute atomic E-state index is 0.517. The van der Waals surface area contributed by atoms with Crippen LogP contribution in [0.4, 0.5) is 0 Å². The van der Waals surface area contributed by atoms with Crippen LogP contribution in [-0.4, -0.2) is 4.98 Å². The van der Waals surface area contributed by atoms with Gasteiger partial charge in [-0.05, 0) is 42.2 Å². The van der Waals surface area contributed by atoms with Crippen molar-refractivity contribution in [2.45, 2.75) is 26.7 Å². The minimum atomic E-state index is 0.517. The van der Waals surface area contributed by atoms with E-state index < -0.39 is 0 Å². The van der Waals surface area contributed by atoms with Gasteiger partial charge in [-0.25, -0.2) is 0 Å². The van der Waals surface area contributed by atoms with Crippen LogP contribution in [0.1, 0.15) is 30.9 Å². The maximum Gasteiger partial charge on any atom is 0.0780 e. The molecular formula is C19H19N. The van der Waals surface area contributed by atoms with Crippen molar-refractivity contribution in [1.29, 1.82) is 0 Å². The zero-order valence-corrected chi connectivity index (χ0v) is 12.2. The van der Waals surface area contributed by atoms with Gasteiger partial charge in [-0.15, -0.1) is 0 Å². The van der Waals surface area contributed by atoms with Crippen LogP contribution >= 0.6 is 0 Å². The first-order valence-electron chi connectivity index (χ1n) is 7.11. The first kappa shape index (κ1) is 12.9. The maximum atomic E-state index is 4.59. The van der Waals surface area contributed by atoms with Crippen molar-refractivity contribution in [2.75, 3.05) is 0 Å². The van der Waals surface area contributed by atoms with Crippen LogP contribution in [-0.2, 0) is 0 Å². The smallest absolute Gasteiger partial charge is 0.0780 e. The zero-order valence-electron chi connectivity index (χ0n) is 12.2. The van der Waals surface area contributed by atoms with Crippen molar-refractivity contribution in [3.8, 4) is 11.1 Å². The van der Waals surface area contributed by atoms with Gasteiger partial charge in [-0.3, -0.25) is 4.98 Å². The topological polar surface area (TPSA) is 12.9 Å². The molecule has 0 saturated heterocycles. The Morgan fingerprint density at radius 3 is 2.55 bits per heavy atom. The summed E-state index contributed by atoms with van der Waals surface area (Å²) in [6.45, 7) is 6.60. The summed E-state index contributed by atoms with van der Waals surface area (Å²) in [6.07, 6.45) is 1.87. The number of aryl methyl sites for hydroxylation is 1. The number of hydrogen-bond donors (Lipinski definition) is 0. The molecule has 0 fully saturated rings. The summed E-state index contributed by atoms with van der Waals surface area (Å²) in [5.41, 5.74) is 6.21. The molecule has 0 aliphatic heterocycles. The molecule has 20 heavy (non-hydrogen) atoms. The van der Waals surface area contributed by atoms with Gasteiger partial charge in [-0.2, -0.15) is 0 Å². The number of nitrogens with zero attached hydrogens (tertiary/aromatic N) is 1. The monoisotopic (exact) mass is 261 g/mol. The predicted molar refractivity (Wildman–Crippen MR) is 86.0 cm³/mol. The Labute approximate surface area is 120 Å². The van der Waals surface area contributed by atoms with E-state index in [1.807, 2.05) is 12.3 Å². The molecule has 0 atom stereocenters. The molecule has 0 unspecified atom stereocenters. The molecule has 0 spiro atoms. The Hall–Kier alpha value is -2.15. The molecule has 100 valence electrons. The van der Waals surface area contributed by atoms with E-state index >= 15 is 0 Å². The largest absolute Gasteiger partial charge is 0.256 e. The zero-order chi connectivity index (χ0) is 14.1. The van der Waals surface area contributed by atoms with Crippen LogP contribution in [0.3, 0.4) is 0 Å². The van der Waals surface area contributed by atoms with E-state index in [1.54, 1.807) is 0 Å². The van der Waals surface area contributed by atoms with E-state index in [0.717, 1.165) is 5.52 Å². The number of benzene rings is 2. The Morgan fingerprint density at radius 2 is 1.80 bits per heavy atom.